The average Bonchev–Trinajstić information content (AvgIpc) is 2.00. The van der Waals surface area contributed by atoms with Gasteiger partial charge in [0.05, 0.1) is 0 Å². The van der Waals surface area contributed by atoms with E-state index in [1.165, 1.54) is 0 Å². The van der Waals surface area contributed by atoms with Crippen molar-refractivity contribution in [1.29, 1.82) is 0 Å². The van der Waals surface area contributed by atoms with E-state index in [1.54, 1.807) is 0 Å². The Labute approximate surface area is 94.0 Å². The molecule has 0 spiro atoms. The first-order valence-corrected chi connectivity index (χ1v) is 5.94. The minimum absolute atomic E-state index is 0.134. The lowest BCUT2D eigenvalue weighted by Gasteiger charge is -2.16. The molecule has 3 heteroatoms. The van der Waals surface area contributed by atoms with E-state index in [-0.39, 0.29) is 11.9 Å². The highest BCUT2D eigenvalue weighted by Gasteiger charge is 2.06. The molecule has 0 bridgehead atoms. The highest BCUT2D eigenvalue weighted by Crippen LogP contribution is 2.03. The molecular formula is C12H26N2O. The lowest BCUT2D eigenvalue weighted by atomic mass is 10.1. The van der Waals surface area contributed by atoms with Crippen molar-refractivity contribution >= 4 is 5.91 Å². The number of hydrogen-bond donors (Lipinski definition) is 2. The van der Waals surface area contributed by atoms with Crippen LogP contribution in [-0.2, 0) is 4.79 Å². The molecular weight excluding hydrogens is 188 g/mol. The molecule has 0 aliphatic heterocycles. The van der Waals surface area contributed by atoms with Crippen molar-refractivity contribution in [2.24, 2.45) is 5.92 Å². The van der Waals surface area contributed by atoms with Gasteiger partial charge in [0.15, 0.2) is 0 Å². The van der Waals surface area contributed by atoms with Crippen LogP contribution < -0.4 is 10.6 Å². The van der Waals surface area contributed by atoms with Crippen molar-refractivity contribution in [2.75, 3.05) is 6.54 Å². The largest absolute Gasteiger partial charge is 0.354 e. The second-order valence-corrected chi connectivity index (χ2v) is 4.96. The van der Waals surface area contributed by atoms with Crippen LogP contribution in [0.3, 0.4) is 0 Å². The van der Waals surface area contributed by atoms with Crippen LogP contribution >= 0.6 is 0 Å². The number of hydrogen-bond acceptors (Lipinski definition) is 2. The molecule has 0 aliphatic rings. The second-order valence-electron chi connectivity index (χ2n) is 4.96. The topological polar surface area (TPSA) is 41.1 Å². The highest BCUT2D eigenvalue weighted by atomic mass is 16.1. The summed E-state index contributed by atoms with van der Waals surface area (Å²) in [6, 6.07) is 0.738. The van der Waals surface area contributed by atoms with Crippen molar-refractivity contribution < 1.29 is 4.79 Å². The van der Waals surface area contributed by atoms with Gasteiger partial charge >= 0.3 is 0 Å². The van der Waals surface area contributed by atoms with Crippen LogP contribution in [0, 0.1) is 5.92 Å². The molecule has 0 aliphatic carbocycles. The highest BCUT2D eigenvalue weighted by molar-refractivity contribution is 5.76. The summed E-state index contributed by atoms with van der Waals surface area (Å²) in [5.74, 6) is 0.839. The molecule has 3 nitrogen and oxygen atoms in total. The molecule has 0 heterocycles. The van der Waals surface area contributed by atoms with Gasteiger partial charge in [0.2, 0.25) is 5.91 Å². The average molecular weight is 214 g/mol. The summed E-state index contributed by atoms with van der Waals surface area (Å²) in [6.07, 6.45) is 1.73. The first-order chi connectivity index (χ1) is 6.91. The molecule has 1 unspecified atom stereocenters. The zero-order chi connectivity index (χ0) is 11.8. The molecule has 0 aromatic carbocycles. The fraction of sp³-hybridized carbons (Fsp3) is 0.917. The summed E-state index contributed by atoms with van der Waals surface area (Å²) in [6.45, 7) is 11.3. The molecule has 0 aromatic heterocycles. The van der Waals surface area contributed by atoms with Gasteiger partial charge in [-0.15, -0.1) is 0 Å². The first-order valence-electron chi connectivity index (χ1n) is 5.94. The van der Waals surface area contributed by atoms with Crippen molar-refractivity contribution in [3.05, 3.63) is 0 Å². The molecule has 90 valence electrons. The Morgan fingerprint density at radius 1 is 1.13 bits per heavy atom. The van der Waals surface area contributed by atoms with Gasteiger partial charge in [-0.25, -0.2) is 0 Å². The summed E-state index contributed by atoms with van der Waals surface area (Å²) in [7, 11) is 0. The van der Waals surface area contributed by atoms with E-state index < -0.39 is 0 Å². The van der Waals surface area contributed by atoms with Crippen molar-refractivity contribution in [3.63, 3.8) is 0 Å². The third kappa shape index (κ3) is 9.73. The van der Waals surface area contributed by atoms with Crippen molar-refractivity contribution in [1.82, 2.24) is 10.6 Å². The van der Waals surface area contributed by atoms with Crippen LogP contribution in [0.5, 0.6) is 0 Å². The minimum Gasteiger partial charge on any atom is -0.354 e. The smallest absolute Gasteiger partial charge is 0.221 e. The molecule has 1 atom stereocenters. The molecule has 0 fully saturated rings. The van der Waals surface area contributed by atoms with Gasteiger partial charge in [0, 0.05) is 25.0 Å². The Morgan fingerprint density at radius 3 is 2.20 bits per heavy atom. The molecule has 15 heavy (non-hydrogen) atoms. The zero-order valence-corrected chi connectivity index (χ0v) is 10.8. The van der Waals surface area contributed by atoms with Crippen molar-refractivity contribution in [2.45, 2.75) is 59.5 Å². The van der Waals surface area contributed by atoms with E-state index in [0.717, 1.165) is 13.0 Å². The summed E-state index contributed by atoms with van der Waals surface area (Å²) in [5, 5.41) is 6.24. The lowest BCUT2D eigenvalue weighted by molar-refractivity contribution is -0.121. The van der Waals surface area contributed by atoms with Crippen LogP contribution in [0.2, 0.25) is 0 Å². The Balaban J connectivity index is 3.48. The van der Waals surface area contributed by atoms with Gasteiger partial charge in [-0.2, -0.15) is 0 Å². The third-order valence-electron chi connectivity index (χ3n) is 2.12. The van der Waals surface area contributed by atoms with E-state index in [1.807, 2.05) is 13.8 Å². The quantitative estimate of drug-likeness (QED) is 0.680. The molecule has 0 aromatic rings. The molecule has 2 N–H and O–H groups in total. The van der Waals surface area contributed by atoms with Crippen LogP contribution in [0.4, 0.5) is 0 Å². The van der Waals surface area contributed by atoms with Gasteiger partial charge in [-0.1, -0.05) is 13.8 Å². The van der Waals surface area contributed by atoms with Crippen LogP contribution in [0.25, 0.3) is 0 Å². The van der Waals surface area contributed by atoms with Gasteiger partial charge < -0.3 is 10.6 Å². The summed E-state index contributed by atoms with van der Waals surface area (Å²) < 4.78 is 0. The number of rotatable bonds is 7. The molecule has 0 rings (SSSR count). The van der Waals surface area contributed by atoms with E-state index in [0.29, 0.717) is 18.4 Å². The zero-order valence-electron chi connectivity index (χ0n) is 10.8. The molecule has 0 saturated carbocycles. The Bertz CT molecular complexity index is 178. The van der Waals surface area contributed by atoms with Gasteiger partial charge in [-0.05, 0) is 33.1 Å². The second kappa shape index (κ2) is 7.69. The SMILES string of the molecule is CC(C)CC(C)NCCC(=O)NC(C)C. The lowest BCUT2D eigenvalue weighted by Crippen LogP contribution is -2.35. The van der Waals surface area contributed by atoms with Crippen LogP contribution in [0.15, 0.2) is 0 Å². The van der Waals surface area contributed by atoms with Crippen molar-refractivity contribution in [3.8, 4) is 0 Å². The van der Waals surface area contributed by atoms with Gasteiger partial charge in [-0.3, -0.25) is 4.79 Å². The van der Waals surface area contributed by atoms with Crippen LogP contribution in [-0.4, -0.2) is 24.5 Å². The Morgan fingerprint density at radius 2 is 1.73 bits per heavy atom. The number of carbonyl (C=O) groups is 1. The van der Waals surface area contributed by atoms with E-state index in [2.05, 4.69) is 31.4 Å². The first kappa shape index (κ1) is 14.4. The molecule has 1 amide bonds. The fourth-order valence-electron chi connectivity index (χ4n) is 1.62. The van der Waals surface area contributed by atoms with E-state index >= 15 is 0 Å². The number of amides is 1. The maximum Gasteiger partial charge on any atom is 0.221 e. The molecule has 0 saturated heterocycles. The standard InChI is InChI=1S/C12H26N2O/c1-9(2)8-11(5)13-7-6-12(15)14-10(3)4/h9-11,13H,6-8H2,1-5H3,(H,14,15). The summed E-state index contributed by atoms with van der Waals surface area (Å²) >= 11 is 0. The minimum atomic E-state index is 0.134. The van der Waals surface area contributed by atoms with Gasteiger partial charge in [0.25, 0.3) is 0 Å². The number of carbonyl (C=O) groups excluding carboxylic acids is 1. The normalized spacial score (nSPS) is 13.3. The monoisotopic (exact) mass is 214 g/mol. The predicted molar refractivity (Wildman–Crippen MR) is 64.8 cm³/mol. The number of nitrogens with one attached hydrogen (secondary N) is 2. The summed E-state index contributed by atoms with van der Waals surface area (Å²) in [5.41, 5.74) is 0. The summed E-state index contributed by atoms with van der Waals surface area (Å²) in [4.78, 5) is 11.3. The Hall–Kier alpha value is -0.570. The third-order valence-corrected chi connectivity index (χ3v) is 2.12. The molecule has 0 radical (unpaired) electrons. The van der Waals surface area contributed by atoms with E-state index in [9.17, 15) is 4.79 Å². The van der Waals surface area contributed by atoms with Gasteiger partial charge in [0.1, 0.15) is 0 Å². The Kier molecular flexibility index (Phi) is 7.39. The van der Waals surface area contributed by atoms with Crippen LogP contribution in [0.1, 0.15) is 47.5 Å². The van der Waals surface area contributed by atoms with E-state index in [4.69, 9.17) is 0 Å². The predicted octanol–water partition coefficient (Wildman–Crippen LogP) is 1.93. The maximum absolute atomic E-state index is 11.3. The maximum atomic E-state index is 11.3. The fourth-order valence-corrected chi connectivity index (χ4v) is 1.62.